The molecule has 2 atom stereocenters. The third-order valence-electron chi connectivity index (χ3n) is 3.77. The molecule has 4 heteroatoms. The summed E-state index contributed by atoms with van der Waals surface area (Å²) < 4.78 is 13.2. The van der Waals surface area contributed by atoms with Crippen molar-refractivity contribution in [3.63, 3.8) is 0 Å². The average Bonchev–Trinajstić information content (AvgIpc) is 2.29. The summed E-state index contributed by atoms with van der Waals surface area (Å²) in [4.78, 5) is 16.3. The number of amides is 1. The topological polar surface area (TPSA) is 23.6 Å². The Morgan fingerprint density at radius 1 is 1.19 bits per heavy atom. The number of halogens is 1. The summed E-state index contributed by atoms with van der Waals surface area (Å²) >= 11 is 0. The molecule has 1 amide bonds. The van der Waals surface area contributed by atoms with Crippen LogP contribution in [0.15, 0.2) is 0 Å². The first-order valence-electron chi connectivity index (χ1n) is 6.28. The van der Waals surface area contributed by atoms with Crippen molar-refractivity contribution < 1.29 is 9.18 Å². The number of piperazine rings is 1. The van der Waals surface area contributed by atoms with Crippen LogP contribution in [0.25, 0.3) is 0 Å². The van der Waals surface area contributed by atoms with Crippen molar-refractivity contribution in [1.82, 2.24) is 9.80 Å². The Bertz CT molecular complexity index is 251. The Morgan fingerprint density at radius 3 is 2.50 bits per heavy atom. The van der Waals surface area contributed by atoms with E-state index in [-0.39, 0.29) is 11.8 Å². The summed E-state index contributed by atoms with van der Waals surface area (Å²) in [6.45, 7) is 3.50. The van der Waals surface area contributed by atoms with Gasteiger partial charge in [0, 0.05) is 32.1 Å². The van der Waals surface area contributed by atoms with Gasteiger partial charge in [-0.15, -0.1) is 0 Å². The SMILES string of the molecule is CN1CCN(C(=O)C2CCCC(F)C2)CC1. The molecule has 0 N–H and O–H groups in total. The lowest BCUT2D eigenvalue weighted by Gasteiger charge is -2.36. The minimum atomic E-state index is -0.754. The van der Waals surface area contributed by atoms with Crippen LogP contribution in [0.5, 0.6) is 0 Å². The normalized spacial score (nSPS) is 32.8. The number of nitrogens with zero attached hydrogens (tertiary/aromatic N) is 2. The lowest BCUT2D eigenvalue weighted by molar-refractivity contribution is -0.138. The Balaban J connectivity index is 1.86. The van der Waals surface area contributed by atoms with E-state index in [9.17, 15) is 9.18 Å². The molecule has 0 spiro atoms. The zero-order valence-corrected chi connectivity index (χ0v) is 9.99. The number of carbonyl (C=O) groups is 1. The van der Waals surface area contributed by atoms with Crippen molar-refractivity contribution in [3.8, 4) is 0 Å². The number of rotatable bonds is 1. The minimum absolute atomic E-state index is 0.0489. The van der Waals surface area contributed by atoms with Crippen LogP contribution in [-0.4, -0.2) is 55.1 Å². The first-order chi connectivity index (χ1) is 7.66. The summed E-state index contributed by atoms with van der Waals surface area (Å²) in [5.74, 6) is 0.141. The lowest BCUT2D eigenvalue weighted by Crippen LogP contribution is -2.49. The Labute approximate surface area is 96.6 Å². The molecular formula is C12H21FN2O. The number of hydrogen-bond donors (Lipinski definition) is 0. The Kier molecular flexibility index (Phi) is 3.79. The monoisotopic (exact) mass is 228 g/mol. The summed E-state index contributed by atoms with van der Waals surface area (Å²) in [6.07, 6.45) is 2.09. The molecule has 0 radical (unpaired) electrons. The van der Waals surface area contributed by atoms with Gasteiger partial charge < -0.3 is 9.80 Å². The molecule has 1 saturated heterocycles. The maximum atomic E-state index is 13.2. The molecule has 2 fully saturated rings. The number of carbonyl (C=O) groups excluding carboxylic acids is 1. The van der Waals surface area contributed by atoms with Gasteiger partial charge in [-0.05, 0) is 32.7 Å². The van der Waals surface area contributed by atoms with Gasteiger partial charge in [0.1, 0.15) is 6.17 Å². The van der Waals surface area contributed by atoms with Crippen LogP contribution < -0.4 is 0 Å². The fourth-order valence-corrected chi connectivity index (χ4v) is 2.64. The molecule has 3 nitrogen and oxygen atoms in total. The summed E-state index contributed by atoms with van der Waals surface area (Å²) in [7, 11) is 2.07. The molecule has 0 bridgehead atoms. The quantitative estimate of drug-likeness (QED) is 0.675. The van der Waals surface area contributed by atoms with E-state index in [1.807, 2.05) is 4.90 Å². The minimum Gasteiger partial charge on any atom is -0.340 e. The summed E-state index contributed by atoms with van der Waals surface area (Å²) in [5.41, 5.74) is 0. The van der Waals surface area contributed by atoms with Crippen LogP contribution in [0, 0.1) is 5.92 Å². The highest BCUT2D eigenvalue weighted by Gasteiger charge is 2.31. The highest BCUT2D eigenvalue weighted by molar-refractivity contribution is 5.79. The molecule has 1 heterocycles. The van der Waals surface area contributed by atoms with Gasteiger partial charge in [-0.1, -0.05) is 0 Å². The molecular weight excluding hydrogens is 207 g/mol. The average molecular weight is 228 g/mol. The predicted octanol–water partition coefficient (Wildman–Crippen LogP) is 1.29. The van der Waals surface area contributed by atoms with Gasteiger partial charge in [0.25, 0.3) is 0 Å². The van der Waals surface area contributed by atoms with Crippen LogP contribution >= 0.6 is 0 Å². The highest BCUT2D eigenvalue weighted by Crippen LogP contribution is 2.28. The second kappa shape index (κ2) is 5.13. The van der Waals surface area contributed by atoms with Gasteiger partial charge in [0.05, 0.1) is 0 Å². The second-order valence-corrected chi connectivity index (χ2v) is 5.09. The summed E-state index contributed by atoms with van der Waals surface area (Å²) in [6, 6.07) is 0. The van der Waals surface area contributed by atoms with E-state index in [2.05, 4.69) is 11.9 Å². The van der Waals surface area contributed by atoms with E-state index < -0.39 is 6.17 Å². The first kappa shape index (κ1) is 11.8. The Hall–Kier alpha value is -0.640. The zero-order chi connectivity index (χ0) is 11.5. The van der Waals surface area contributed by atoms with Crippen LogP contribution in [0.4, 0.5) is 4.39 Å². The van der Waals surface area contributed by atoms with Crippen molar-refractivity contribution in [2.45, 2.75) is 31.9 Å². The molecule has 1 aliphatic carbocycles. The van der Waals surface area contributed by atoms with Crippen molar-refractivity contribution in [2.24, 2.45) is 5.92 Å². The number of hydrogen-bond acceptors (Lipinski definition) is 2. The third kappa shape index (κ3) is 2.73. The number of likely N-dealkylation sites (N-methyl/N-ethyl adjacent to an activating group) is 1. The number of alkyl halides is 1. The standard InChI is InChI=1S/C12H21FN2O/c1-14-5-7-15(8-6-14)12(16)10-3-2-4-11(13)9-10/h10-11H,2-9H2,1H3. The van der Waals surface area contributed by atoms with Gasteiger partial charge >= 0.3 is 0 Å². The lowest BCUT2D eigenvalue weighted by atomic mass is 9.87. The largest absolute Gasteiger partial charge is 0.340 e. The molecule has 1 saturated carbocycles. The highest BCUT2D eigenvalue weighted by atomic mass is 19.1. The molecule has 2 aliphatic rings. The molecule has 2 unspecified atom stereocenters. The van der Waals surface area contributed by atoms with Gasteiger partial charge in [-0.3, -0.25) is 4.79 Å². The summed E-state index contributed by atoms with van der Waals surface area (Å²) in [5, 5.41) is 0. The van der Waals surface area contributed by atoms with E-state index in [1.54, 1.807) is 0 Å². The van der Waals surface area contributed by atoms with Gasteiger partial charge in [0.15, 0.2) is 0 Å². The predicted molar refractivity (Wildman–Crippen MR) is 60.9 cm³/mol. The molecule has 0 aromatic carbocycles. The smallest absolute Gasteiger partial charge is 0.225 e. The maximum Gasteiger partial charge on any atom is 0.225 e. The van der Waals surface area contributed by atoms with Crippen molar-refractivity contribution in [1.29, 1.82) is 0 Å². The van der Waals surface area contributed by atoms with E-state index in [0.29, 0.717) is 12.8 Å². The molecule has 0 aromatic heterocycles. The van der Waals surface area contributed by atoms with E-state index in [0.717, 1.165) is 39.0 Å². The Morgan fingerprint density at radius 2 is 1.88 bits per heavy atom. The zero-order valence-electron chi connectivity index (χ0n) is 9.99. The van der Waals surface area contributed by atoms with Gasteiger partial charge in [-0.2, -0.15) is 0 Å². The molecule has 0 aromatic rings. The van der Waals surface area contributed by atoms with E-state index in [4.69, 9.17) is 0 Å². The molecule has 1 aliphatic heterocycles. The maximum absolute atomic E-state index is 13.2. The van der Waals surface area contributed by atoms with Crippen LogP contribution in [0.3, 0.4) is 0 Å². The van der Waals surface area contributed by atoms with Crippen LogP contribution in [-0.2, 0) is 4.79 Å². The van der Waals surface area contributed by atoms with Gasteiger partial charge in [0.2, 0.25) is 5.91 Å². The van der Waals surface area contributed by atoms with Crippen LogP contribution in [0.1, 0.15) is 25.7 Å². The van der Waals surface area contributed by atoms with Crippen molar-refractivity contribution in [2.75, 3.05) is 33.2 Å². The van der Waals surface area contributed by atoms with Crippen LogP contribution in [0.2, 0.25) is 0 Å². The van der Waals surface area contributed by atoms with E-state index in [1.165, 1.54) is 0 Å². The third-order valence-corrected chi connectivity index (χ3v) is 3.77. The van der Waals surface area contributed by atoms with Crippen molar-refractivity contribution in [3.05, 3.63) is 0 Å². The molecule has 2 rings (SSSR count). The first-order valence-corrected chi connectivity index (χ1v) is 6.28. The second-order valence-electron chi connectivity index (χ2n) is 5.09. The molecule has 92 valence electrons. The van der Waals surface area contributed by atoms with E-state index >= 15 is 0 Å². The fraction of sp³-hybridized carbons (Fsp3) is 0.917. The fourth-order valence-electron chi connectivity index (χ4n) is 2.64. The van der Waals surface area contributed by atoms with Crippen molar-refractivity contribution >= 4 is 5.91 Å². The molecule has 16 heavy (non-hydrogen) atoms. The van der Waals surface area contributed by atoms with Gasteiger partial charge in [-0.25, -0.2) is 4.39 Å².